The molecule has 0 radical (unpaired) electrons. The lowest BCUT2D eigenvalue weighted by Crippen LogP contribution is -2.23. The molecule has 0 bridgehead atoms. The maximum atomic E-state index is 14.6. The van der Waals surface area contributed by atoms with Crippen LogP contribution in [-0.2, 0) is 4.74 Å². The van der Waals surface area contributed by atoms with Crippen LogP contribution in [0.2, 0.25) is 0 Å². The second-order valence-electron chi connectivity index (χ2n) is 8.06. The summed E-state index contributed by atoms with van der Waals surface area (Å²) in [4.78, 5) is 0. The van der Waals surface area contributed by atoms with Gasteiger partial charge in [0.05, 0.1) is 5.57 Å². The highest BCUT2D eigenvalue weighted by molar-refractivity contribution is 5.53. The summed E-state index contributed by atoms with van der Waals surface area (Å²) in [5, 5.41) is 0. The van der Waals surface area contributed by atoms with Crippen LogP contribution in [0.3, 0.4) is 0 Å². The topological polar surface area (TPSA) is 9.23 Å². The predicted octanol–water partition coefficient (Wildman–Crippen LogP) is 10.7. The van der Waals surface area contributed by atoms with Crippen molar-refractivity contribution in [2.45, 2.75) is 13.0 Å². The molecule has 0 amide bonds. The average molecular weight is 545 g/mol. The molecule has 0 unspecified atom stereocenters. The Labute approximate surface area is 226 Å². The molecule has 0 atom stereocenters. The van der Waals surface area contributed by atoms with Crippen LogP contribution in [0.15, 0.2) is 182 Å². The summed E-state index contributed by atoms with van der Waals surface area (Å²) in [7, 11) is 0. The van der Waals surface area contributed by atoms with E-state index in [1.54, 1.807) is 19.1 Å². The van der Waals surface area contributed by atoms with Crippen LogP contribution in [0.25, 0.3) is 0 Å². The molecule has 0 heterocycles. The van der Waals surface area contributed by atoms with Crippen LogP contribution in [0.5, 0.6) is 0 Å². The van der Waals surface area contributed by atoms with E-state index in [0.717, 1.165) is 23.8 Å². The molecular formula is C32H30F6O. The van der Waals surface area contributed by atoms with E-state index in [1.165, 1.54) is 0 Å². The standard InChI is InChI=1S/C32H30F6O/c1-19(2)12-13-20(3)22(5)16-29(34)26(9)24(7)18-30(35)27(10)32(37,38)39-25(8)15-14-21(4)23(6)17-31(36)28(11)33/h12-18H,1,3-11H2,2H3/b13-12-,15-14-,29-16+,30-18+,31-17+. The molecule has 206 valence electrons. The number of hydrogen-bond donors (Lipinski definition) is 0. The molecule has 7 heteroatoms. The minimum absolute atomic E-state index is 0.00681. The van der Waals surface area contributed by atoms with Crippen LogP contribution >= 0.6 is 0 Å². The predicted molar refractivity (Wildman–Crippen MR) is 150 cm³/mol. The number of hydrogen-bond acceptors (Lipinski definition) is 1. The van der Waals surface area contributed by atoms with Gasteiger partial charge in [0.1, 0.15) is 17.4 Å². The number of halogens is 6. The summed E-state index contributed by atoms with van der Waals surface area (Å²) in [6, 6.07) is 0. The highest BCUT2D eigenvalue weighted by Crippen LogP contribution is 2.34. The third kappa shape index (κ3) is 12.0. The van der Waals surface area contributed by atoms with Crippen molar-refractivity contribution in [2.75, 3.05) is 0 Å². The van der Waals surface area contributed by atoms with Crippen molar-refractivity contribution in [3.8, 4) is 0 Å². The molecule has 0 N–H and O–H groups in total. The summed E-state index contributed by atoms with van der Waals surface area (Å²) < 4.78 is 88.4. The summed E-state index contributed by atoms with van der Waals surface area (Å²) in [6.07, 6.45) is 3.11. The molecule has 0 aliphatic rings. The van der Waals surface area contributed by atoms with Crippen LogP contribution in [0.4, 0.5) is 26.3 Å². The zero-order chi connectivity index (χ0) is 30.7. The van der Waals surface area contributed by atoms with E-state index in [2.05, 4.69) is 70.5 Å². The van der Waals surface area contributed by atoms with Gasteiger partial charge in [-0.05, 0) is 59.1 Å². The third-order valence-electron chi connectivity index (χ3n) is 4.60. The number of alkyl halides is 2. The Morgan fingerprint density at radius 1 is 0.564 bits per heavy atom. The van der Waals surface area contributed by atoms with E-state index < -0.39 is 46.3 Å². The smallest absolute Gasteiger partial charge is 0.428 e. The van der Waals surface area contributed by atoms with Crippen LogP contribution in [0, 0.1) is 0 Å². The molecule has 0 aromatic rings. The lowest BCUT2D eigenvalue weighted by molar-refractivity contribution is -0.177. The maximum Gasteiger partial charge on any atom is 0.428 e. The van der Waals surface area contributed by atoms with E-state index in [4.69, 9.17) is 0 Å². The Morgan fingerprint density at radius 2 is 1.00 bits per heavy atom. The van der Waals surface area contributed by atoms with Crippen LogP contribution in [0.1, 0.15) is 6.92 Å². The Morgan fingerprint density at radius 3 is 1.46 bits per heavy atom. The maximum absolute atomic E-state index is 14.6. The second-order valence-corrected chi connectivity index (χ2v) is 8.06. The SMILES string of the molecule is C=C(C)/C=C\C(=C)C(=C)/C=C(/F)C(=C)C(=C)/C=C(/F)C(=C)C(F)(F)OC(=C)/C=C\C(=C)C(=C)/C=C(/F)C(=C)F. The summed E-state index contributed by atoms with van der Waals surface area (Å²) in [6.45, 7) is 35.7. The average Bonchev–Trinajstić information content (AvgIpc) is 2.83. The van der Waals surface area contributed by atoms with Crippen LogP contribution < -0.4 is 0 Å². The van der Waals surface area contributed by atoms with Gasteiger partial charge in [-0.15, -0.1) is 0 Å². The highest BCUT2D eigenvalue weighted by Gasteiger charge is 2.38. The van der Waals surface area contributed by atoms with E-state index in [-0.39, 0.29) is 22.3 Å². The van der Waals surface area contributed by atoms with Gasteiger partial charge in [0, 0.05) is 5.57 Å². The molecule has 0 aliphatic carbocycles. The van der Waals surface area contributed by atoms with E-state index in [1.807, 2.05) is 0 Å². The molecule has 0 aliphatic heterocycles. The molecule has 39 heavy (non-hydrogen) atoms. The molecular weight excluding hydrogens is 514 g/mol. The lowest BCUT2D eigenvalue weighted by atomic mass is 10.0. The first-order chi connectivity index (χ1) is 17.8. The normalized spacial score (nSPS) is 12.7. The lowest BCUT2D eigenvalue weighted by Gasteiger charge is -2.19. The number of allylic oxidation sites excluding steroid dienone is 17. The van der Waals surface area contributed by atoms with Gasteiger partial charge in [0.25, 0.3) is 0 Å². The Bertz CT molecular complexity index is 1310. The van der Waals surface area contributed by atoms with Gasteiger partial charge in [-0.1, -0.05) is 89.6 Å². The zero-order valence-corrected chi connectivity index (χ0v) is 21.8. The first-order valence-electron chi connectivity index (χ1n) is 10.9. The quantitative estimate of drug-likeness (QED) is 0.107. The van der Waals surface area contributed by atoms with Gasteiger partial charge < -0.3 is 4.74 Å². The van der Waals surface area contributed by atoms with Crippen molar-refractivity contribution in [2.24, 2.45) is 0 Å². The fourth-order valence-corrected chi connectivity index (χ4v) is 2.19. The largest absolute Gasteiger partial charge is 0.429 e. The second kappa shape index (κ2) is 15.0. The minimum Gasteiger partial charge on any atom is -0.429 e. The zero-order valence-electron chi connectivity index (χ0n) is 21.8. The molecule has 0 saturated heterocycles. The van der Waals surface area contributed by atoms with Gasteiger partial charge >= 0.3 is 6.11 Å². The van der Waals surface area contributed by atoms with E-state index in [0.29, 0.717) is 17.7 Å². The van der Waals surface area contributed by atoms with Gasteiger partial charge in [0.15, 0.2) is 11.7 Å². The fourth-order valence-electron chi connectivity index (χ4n) is 2.19. The van der Waals surface area contributed by atoms with Crippen molar-refractivity contribution in [1.82, 2.24) is 0 Å². The van der Waals surface area contributed by atoms with Gasteiger partial charge in [-0.2, -0.15) is 8.78 Å². The van der Waals surface area contributed by atoms with E-state index >= 15 is 0 Å². The van der Waals surface area contributed by atoms with Gasteiger partial charge in [-0.25, -0.2) is 17.6 Å². The molecule has 0 spiro atoms. The van der Waals surface area contributed by atoms with E-state index in [9.17, 15) is 26.3 Å². The third-order valence-corrected chi connectivity index (χ3v) is 4.60. The first-order valence-corrected chi connectivity index (χ1v) is 10.9. The molecule has 0 aromatic heterocycles. The van der Waals surface area contributed by atoms with Gasteiger partial charge in [-0.3, -0.25) is 0 Å². The van der Waals surface area contributed by atoms with Gasteiger partial charge in [0.2, 0.25) is 0 Å². The molecule has 0 aromatic carbocycles. The van der Waals surface area contributed by atoms with Crippen molar-refractivity contribution in [3.05, 3.63) is 182 Å². The summed E-state index contributed by atoms with van der Waals surface area (Å²) >= 11 is 0. The first kappa shape index (κ1) is 34.5. The highest BCUT2D eigenvalue weighted by atomic mass is 19.3. The Kier molecular flexibility index (Phi) is 13.3. The Balaban J connectivity index is 5.45. The minimum atomic E-state index is -4.28. The fraction of sp³-hybridized carbons (Fsp3) is 0.0625. The molecule has 0 saturated carbocycles. The van der Waals surface area contributed by atoms with Crippen molar-refractivity contribution >= 4 is 0 Å². The van der Waals surface area contributed by atoms with Crippen molar-refractivity contribution in [3.63, 3.8) is 0 Å². The van der Waals surface area contributed by atoms with Crippen LogP contribution in [-0.4, -0.2) is 6.11 Å². The summed E-state index contributed by atoms with van der Waals surface area (Å²) in [5.74, 6) is -5.78. The monoisotopic (exact) mass is 544 g/mol. The molecule has 1 nitrogen and oxygen atoms in total. The molecule has 0 rings (SSSR count). The molecule has 0 fully saturated rings. The van der Waals surface area contributed by atoms with Crippen molar-refractivity contribution in [1.29, 1.82) is 0 Å². The number of ether oxygens (including phenoxy) is 1. The van der Waals surface area contributed by atoms with Crippen molar-refractivity contribution < 1.29 is 31.1 Å². The summed E-state index contributed by atoms with van der Waals surface area (Å²) in [5.41, 5.74) is -0.965. The Hall–Kier alpha value is -4.52. The number of rotatable bonds is 16.